The average molecular weight is 766 g/mol. The maximum atomic E-state index is 13.6. The lowest BCUT2D eigenvalue weighted by molar-refractivity contribution is -0.142. The number of hydrogen-bond donors (Lipinski definition) is 11. The monoisotopic (exact) mass is 765 g/mol. The van der Waals surface area contributed by atoms with E-state index in [0.29, 0.717) is 16.7 Å². The number of aliphatic carboxylic acids is 3. The zero-order valence-electron chi connectivity index (χ0n) is 29.4. The fourth-order valence-corrected chi connectivity index (χ4v) is 5.52. The second kappa shape index (κ2) is 21.3. The number of carbonyl (C=O) groups excluding carboxylic acids is 5. The lowest BCUT2D eigenvalue weighted by Gasteiger charge is -2.28. The Bertz CT molecular complexity index is 1630. The van der Waals surface area contributed by atoms with Crippen LogP contribution in [0.15, 0.2) is 30.5 Å². The first-order chi connectivity index (χ1) is 24.9. The highest BCUT2D eigenvalue weighted by atomic mass is 32.2. The molecule has 53 heavy (non-hydrogen) atoms. The van der Waals surface area contributed by atoms with Crippen molar-refractivity contribution in [1.82, 2.24) is 31.6 Å². The summed E-state index contributed by atoms with van der Waals surface area (Å²) < 4.78 is 0. The van der Waals surface area contributed by atoms with Crippen LogP contribution in [0.5, 0.6) is 0 Å². The van der Waals surface area contributed by atoms with E-state index in [9.17, 15) is 58.8 Å². The van der Waals surface area contributed by atoms with Crippen LogP contribution in [-0.2, 0) is 44.8 Å². The number of hydrogen-bond acceptors (Lipinski definition) is 11. The Morgan fingerprint density at radius 3 is 1.81 bits per heavy atom. The van der Waals surface area contributed by atoms with E-state index < -0.39 is 115 Å². The Labute approximate surface area is 308 Å². The minimum Gasteiger partial charge on any atom is -0.481 e. The minimum absolute atomic E-state index is 0.143. The SMILES string of the molecule is CSCC[C@H](N)C(=O)N[C@@H](CCC(=O)O)C(=O)N[C@@H](CCC(=O)O)C(=O)N[C@H](C(=O)N[C@@H](Cc1c[nH]c2ccccc12)C(=O)N[C@@H](C)C(=O)O)[C@@H](C)O. The lowest BCUT2D eigenvalue weighted by atomic mass is 10.0. The fourth-order valence-electron chi connectivity index (χ4n) is 5.03. The molecule has 0 radical (unpaired) electrons. The van der Waals surface area contributed by atoms with Gasteiger partial charge in [0.15, 0.2) is 0 Å². The van der Waals surface area contributed by atoms with Gasteiger partial charge in [-0.15, -0.1) is 0 Å². The summed E-state index contributed by atoms with van der Waals surface area (Å²) in [6.45, 7) is 2.36. The van der Waals surface area contributed by atoms with Gasteiger partial charge in [0.05, 0.1) is 12.1 Å². The number of thioether (sulfide) groups is 1. The number of aliphatic hydroxyl groups is 1. The summed E-state index contributed by atoms with van der Waals surface area (Å²) in [7, 11) is 0. The number of carbonyl (C=O) groups is 8. The molecule has 5 amide bonds. The predicted molar refractivity (Wildman–Crippen MR) is 191 cm³/mol. The number of nitrogens with two attached hydrogens (primary N) is 1. The Kier molecular flexibility index (Phi) is 17.7. The quantitative estimate of drug-likeness (QED) is 0.0609. The third-order valence-electron chi connectivity index (χ3n) is 8.05. The van der Waals surface area contributed by atoms with Crippen LogP contribution in [0, 0.1) is 0 Å². The third kappa shape index (κ3) is 14.4. The molecule has 292 valence electrons. The van der Waals surface area contributed by atoms with Crippen molar-refractivity contribution in [3.05, 3.63) is 36.0 Å². The van der Waals surface area contributed by atoms with Gasteiger partial charge in [0.2, 0.25) is 29.5 Å². The van der Waals surface area contributed by atoms with Crippen LogP contribution in [0.2, 0.25) is 0 Å². The zero-order chi connectivity index (χ0) is 39.8. The van der Waals surface area contributed by atoms with E-state index >= 15 is 0 Å². The van der Waals surface area contributed by atoms with E-state index in [2.05, 4.69) is 31.6 Å². The molecule has 20 heteroatoms. The summed E-state index contributed by atoms with van der Waals surface area (Å²) in [5, 5.41) is 50.7. The molecule has 0 unspecified atom stereocenters. The van der Waals surface area contributed by atoms with Crippen molar-refractivity contribution < 1.29 is 58.8 Å². The second-order valence-corrected chi connectivity index (χ2v) is 13.3. The highest BCUT2D eigenvalue weighted by Crippen LogP contribution is 2.19. The molecule has 0 bridgehead atoms. The van der Waals surface area contributed by atoms with Crippen molar-refractivity contribution in [2.24, 2.45) is 5.73 Å². The van der Waals surface area contributed by atoms with Crippen molar-refractivity contribution in [2.75, 3.05) is 12.0 Å². The Hall–Kier alpha value is -5.21. The van der Waals surface area contributed by atoms with Gasteiger partial charge in [0, 0.05) is 36.4 Å². The molecule has 0 fully saturated rings. The average Bonchev–Trinajstić information content (AvgIpc) is 3.50. The number of para-hydroxylation sites is 1. The maximum Gasteiger partial charge on any atom is 0.325 e. The molecule has 0 aliphatic rings. The minimum atomic E-state index is -1.78. The van der Waals surface area contributed by atoms with Crippen LogP contribution in [-0.4, -0.2) is 127 Å². The topological polar surface area (TPSA) is 319 Å². The van der Waals surface area contributed by atoms with E-state index in [4.69, 9.17) is 5.73 Å². The zero-order valence-corrected chi connectivity index (χ0v) is 30.2. The molecule has 0 spiro atoms. The van der Waals surface area contributed by atoms with Crippen molar-refractivity contribution in [2.45, 2.75) is 94.7 Å². The van der Waals surface area contributed by atoms with Gasteiger partial charge < -0.3 is 57.7 Å². The molecule has 0 aliphatic heterocycles. The standard InChI is InChI=1S/C33H47N7O12S/c1-16(33(51)52)36-31(49)24(14-18-15-35-21-7-5-4-6-19(18)21)39-32(50)27(17(2)41)40-30(48)23(9-11-26(44)45)38-29(47)22(8-10-25(42)43)37-28(46)20(34)12-13-53-3/h4-7,15-17,20,22-24,27,35,41H,8-14,34H2,1-3H3,(H,36,49)(H,37,46)(H,38,47)(H,39,50)(H,40,48)(H,42,43)(H,44,45)(H,51,52)/t16-,17+,20-,22-,23-,24-,27-/m0/s1. The van der Waals surface area contributed by atoms with E-state index in [-0.39, 0.29) is 12.8 Å². The second-order valence-electron chi connectivity index (χ2n) is 12.3. The molecule has 7 atom stereocenters. The molecule has 12 N–H and O–H groups in total. The van der Waals surface area contributed by atoms with Crippen LogP contribution in [0.25, 0.3) is 10.9 Å². The van der Waals surface area contributed by atoms with E-state index in [1.54, 1.807) is 36.7 Å². The summed E-state index contributed by atoms with van der Waals surface area (Å²) in [6.07, 6.45) is -0.254. The van der Waals surface area contributed by atoms with Crippen molar-refractivity contribution >= 4 is 70.1 Å². The number of carboxylic acids is 3. The molecule has 2 rings (SSSR count). The molecule has 0 saturated carbocycles. The first kappa shape index (κ1) is 44.0. The Balaban J connectivity index is 2.33. The highest BCUT2D eigenvalue weighted by molar-refractivity contribution is 7.98. The number of aliphatic hydroxyl groups excluding tert-OH is 1. The number of amides is 5. The number of aromatic amines is 1. The van der Waals surface area contributed by atoms with Crippen LogP contribution in [0.4, 0.5) is 0 Å². The summed E-state index contributed by atoms with van der Waals surface area (Å²) in [5.74, 6) is -8.35. The van der Waals surface area contributed by atoms with Crippen LogP contribution >= 0.6 is 11.8 Å². The molecular formula is C33H47N7O12S. The number of fused-ring (bicyclic) bond motifs is 1. The molecule has 1 heterocycles. The van der Waals surface area contributed by atoms with Gasteiger partial charge in [-0.2, -0.15) is 11.8 Å². The van der Waals surface area contributed by atoms with Gasteiger partial charge in [-0.1, -0.05) is 18.2 Å². The molecule has 1 aromatic carbocycles. The maximum absolute atomic E-state index is 13.6. The van der Waals surface area contributed by atoms with Gasteiger partial charge in [-0.25, -0.2) is 0 Å². The van der Waals surface area contributed by atoms with Gasteiger partial charge in [-0.05, 0) is 56.7 Å². The number of H-pyrrole nitrogens is 1. The van der Waals surface area contributed by atoms with E-state index in [0.717, 1.165) is 12.4 Å². The number of carboxylic acid groups (broad SMARTS) is 3. The Morgan fingerprint density at radius 1 is 0.736 bits per heavy atom. The summed E-state index contributed by atoms with van der Waals surface area (Å²) >= 11 is 1.43. The summed E-state index contributed by atoms with van der Waals surface area (Å²) in [6, 6.07) is -1.65. The van der Waals surface area contributed by atoms with Crippen LogP contribution in [0.1, 0.15) is 51.5 Å². The molecule has 0 saturated heterocycles. The number of rotatable bonds is 23. The van der Waals surface area contributed by atoms with Crippen molar-refractivity contribution in [3.63, 3.8) is 0 Å². The lowest BCUT2D eigenvalue weighted by Crippen LogP contribution is -2.61. The Morgan fingerprint density at radius 2 is 1.26 bits per heavy atom. The first-order valence-corrected chi connectivity index (χ1v) is 18.0. The summed E-state index contributed by atoms with van der Waals surface area (Å²) in [4.78, 5) is 104. The fraction of sp³-hybridized carbons (Fsp3) is 0.515. The van der Waals surface area contributed by atoms with Gasteiger partial charge in [0.1, 0.15) is 30.2 Å². The molecule has 1 aromatic heterocycles. The highest BCUT2D eigenvalue weighted by Gasteiger charge is 2.35. The van der Waals surface area contributed by atoms with Crippen molar-refractivity contribution in [3.8, 4) is 0 Å². The normalized spacial score (nSPS) is 15.0. The third-order valence-corrected chi connectivity index (χ3v) is 8.70. The van der Waals surface area contributed by atoms with Crippen LogP contribution in [0.3, 0.4) is 0 Å². The van der Waals surface area contributed by atoms with E-state index in [1.165, 1.54) is 18.7 Å². The number of aromatic nitrogens is 1. The van der Waals surface area contributed by atoms with Crippen molar-refractivity contribution in [1.29, 1.82) is 0 Å². The summed E-state index contributed by atoms with van der Waals surface area (Å²) in [5.41, 5.74) is 7.18. The molecule has 19 nitrogen and oxygen atoms in total. The van der Waals surface area contributed by atoms with Gasteiger partial charge in [0.25, 0.3) is 0 Å². The predicted octanol–water partition coefficient (Wildman–Crippen LogP) is -1.57. The molecule has 2 aromatic rings. The number of nitrogens with one attached hydrogen (secondary N) is 6. The largest absolute Gasteiger partial charge is 0.481 e. The van der Waals surface area contributed by atoms with Gasteiger partial charge in [-0.3, -0.25) is 38.4 Å². The van der Waals surface area contributed by atoms with Crippen LogP contribution < -0.4 is 32.3 Å². The number of benzene rings is 1. The van der Waals surface area contributed by atoms with Gasteiger partial charge >= 0.3 is 17.9 Å². The molecular weight excluding hydrogens is 718 g/mol. The smallest absolute Gasteiger partial charge is 0.325 e. The first-order valence-electron chi connectivity index (χ1n) is 16.6. The van der Waals surface area contributed by atoms with E-state index in [1.807, 2.05) is 0 Å². The molecule has 0 aliphatic carbocycles.